The van der Waals surface area contributed by atoms with Crippen molar-refractivity contribution in [2.75, 3.05) is 18.5 Å². The highest BCUT2D eigenvalue weighted by molar-refractivity contribution is 7.80. The molecule has 0 bridgehead atoms. The molecule has 0 aromatic heterocycles. The molecule has 158 valence electrons. The van der Waals surface area contributed by atoms with Crippen LogP contribution in [0.2, 0.25) is 0 Å². The van der Waals surface area contributed by atoms with Crippen LogP contribution in [0.4, 0.5) is 5.69 Å². The summed E-state index contributed by atoms with van der Waals surface area (Å²) < 4.78 is 11.7. The Labute approximate surface area is 184 Å². The van der Waals surface area contributed by atoms with Crippen LogP contribution in [0, 0.1) is 0 Å². The average Bonchev–Trinajstić information content (AvgIpc) is 2.68. The maximum atomic E-state index is 12.3. The number of hydrogen-bond acceptors (Lipinski definition) is 4. The Hall–Kier alpha value is -2.92. The lowest BCUT2D eigenvalue weighted by molar-refractivity contribution is -0.111. The predicted octanol–water partition coefficient (Wildman–Crippen LogP) is 6.32. The minimum Gasteiger partial charge on any atom is -0.489 e. The summed E-state index contributed by atoms with van der Waals surface area (Å²) in [4.78, 5) is 13.1. The van der Waals surface area contributed by atoms with E-state index in [4.69, 9.17) is 9.47 Å². The second kappa shape index (κ2) is 11.9. The zero-order valence-electron chi connectivity index (χ0n) is 17.9. The van der Waals surface area contributed by atoms with Crippen molar-refractivity contribution in [3.8, 4) is 11.5 Å². The fraction of sp³-hybridized carbons (Fsp3) is 0.240. The second-order valence-corrected chi connectivity index (χ2v) is 7.77. The minimum atomic E-state index is -0.221. The molecule has 0 heterocycles. The van der Waals surface area contributed by atoms with E-state index in [0.29, 0.717) is 30.4 Å². The van der Waals surface area contributed by atoms with Crippen LogP contribution >= 0.6 is 12.6 Å². The molecule has 0 saturated heterocycles. The van der Waals surface area contributed by atoms with Crippen LogP contribution in [0.15, 0.2) is 76.7 Å². The van der Waals surface area contributed by atoms with Crippen molar-refractivity contribution in [2.45, 2.75) is 32.6 Å². The molecule has 0 atom stereocenters. The molecule has 1 amide bonds. The normalized spacial score (nSPS) is 10.4. The third kappa shape index (κ3) is 8.62. The van der Waals surface area contributed by atoms with Gasteiger partial charge in [0, 0.05) is 28.3 Å². The first-order valence-corrected chi connectivity index (χ1v) is 10.2. The van der Waals surface area contributed by atoms with Crippen molar-refractivity contribution in [1.82, 2.24) is 0 Å². The van der Waals surface area contributed by atoms with E-state index in [1.165, 1.54) is 17.2 Å². The first-order valence-electron chi connectivity index (χ1n) is 9.78. The van der Waals surface area contributed by atoms with Crippen molar-refractivity contribution < 1.29 is 14.3 Å². The Morgan fingerprint density at radius 1 is 0.933 bits per heavy atom. The molecule has 0 unspecified atom stereocenters. The van der Waals surface area contributed by atoms with Gasteiger partial charge in [-0.25, -0.2) is 0 Å². The van der Waals surface area contributed by atoms with Gasteiger partial charge in [-0.2, -0.15) is 0 Å². The maximum Gasteiger partial charge on any atom is 0.248 e. The maximum absolute atomic E-state index is 12.3. The summed E-state index contributed by atoms with van der Waals surface area (Å²) in [5.74, 6) is 1.15. The molecule has 5 heteroatoms. The third-order valence-corrected chi connectivity index (χ3v) is 4.30. The molecule has 0 aliphatic carbocycles. The number of allylic oxidation sites excluding steroid dienone is 2. The van der Waals surface area contributed by atoms with Crippen molar-refractivity contribution >= 4 is 30.3 Å². The highest BCUT2D eigenvalue weighted by Crippen LogP contribution is 2.26. The summed E-state index contributed by atoms with van der Waals surface area (Å²) in [6.45, 7) is 9.05. The summed E-state index contributed by atoms with van der Waals surface area (Å²) >= 11 is 4.24. The molecule has 2 rings (SSSR count). The average molecular weight is 424 g/mol. The number of rotatable bonds is 9. The summed E-state index contributed by atoms with van der Waals surface area (Å²) in [5, 5.41) is 2.83. The van der Waals surface area contributed by atoms with Crippen LogP contribution < -0.4 is 14.8 Å². The number of carbonyl (C=O) groups excluding carboxylic acids is 1. The summed E-state index contributed by atoms with van der Waals surface area (Å²) in [6, 6.07) is 12.9. The number of benzene rings is 2. The standard InChI is InChI=1S/C25H29NO3S/c1-18(2)13-15-28-22-9-5-20(24(17-22)29-16-14-19(3)4)6-12-25(27)26-21-7-10-23(30)11-8-21/h5-14,17,30H,15-16H2,1-4H3,(H,26,27)/b12-6+. The smallest absolute Gasteiger partial charge is 0.248 e. The molecular weight excluding hydrogens is 394 g/mol. The molecule has 0 aliphatic rings. The fourth-order valence-corrected chi connectivity index (χ4v) is 2.51. The first kappa shape index (κ1) is 23.4. The van der Waals surface area contributed by atoms with Gasteiger partial charge in [-0.05, 0) is 82.3 Å². The fourth-order valence-electron chi connectivity index (χ4n) is 2.36. The monoisotopic (exact) mass is 423 g/mol. The van der Waals surface area contributed by atoms with E-state index in [-0.39, 0.29) is 5.91 Å². The molecule has 0 spiro atoms. The van der Waals surface area contributed by atoms with Crippen LogP contribution in [0.5, 0.6) is 11.5 Å². The van der Waals surface area contributed by atoms with Crippen LogP contribution in [-0.2, 0) is 4.79 Å². The van der Waals surface area contributed by atoms with Gasteiger partial charge in [0.25, 0.3) is 0 Å². The molecule has 0 saturated carbocycles. The third-order valence-electron chi connectivity index (χ3n) is 4.01. The first-order chi connectivity index (χ1) is 14.3. The number of carbonyl (C=O) groups is 1. The van der Waals surface area contributed by atoms with Gasteiger partial charge in [0.05, 0.1) is 0 Å². The number of hydrogen-bond donors (Lipinski definition) is 2. The summed E-state index contributed by atoms with van der Waals surface area (Å²) in [6.07, 6.45) is 7.24. The topological polar surface area (TPSA) is 47.6 Å². The van der Waals surface area contributed by atoms with Crippen LogP contribution in [0.1, 0.15) is 33.3 Å². The Balaban J connectivity index is 2.13. The highest BCUT2D eigenvalue weighted by Gasteiger charge is 2.05. The van der Waals surface area contributed by atoms with Gasteiger partial charge >= 0.3 is 0 Å². The van der Waals surface area contributed by atoms with Crippen LogP contribution in [-0.4, -0.2) is 19.1 Å². The van der Waals surface area contributed by atoms with Crippen molar-refractivity contribution in [2.24, 2.45) is 0 Å². The van der Waals surface area contributed by atoms with Gasteiger partial charge in [0.2, 0.25) is 5.91 Å². The predicted molar refractivity (Wildman–Crippen MR) is 128 cm³/mol. The van der Waals surface area contributed by atoms with E-state index in [2.05, 4.69) is 17.9 Å². The number of nitrogens with one attached hydrogen (secondary N) is 1. The molecule has 30 heavy (non-hydrogen) atoms. The van der Waals surface area contributed by atoms with Crippen LogP contribution in [0.3, 0.4) is 0 Å². The Morgan fingerprint density at radius 2 is 1.57 bits per heavy atom. The Bertz CT molecular complexity index is 935. The van der Waals surface area contributed by atoms with Crippen molar-refractivity contribution in [3.63, 3.8) is 0 Å². The van der Waals surface area contributed by atoms with E-state index in [0.717, 1.165) is 10.5 Å². The number of ether oxygens (including phenoxy) is 2. The molecule has 2 aromatic rings. The van der Waals surface area contributed by atoms with Gasteiger partial charge in [-0.1, -0.05) is 11.1 Å². The SMILES string of the molecule is CC(C)=CCOc1ccc(/C=C/C(=O)Nc2ccc(S)cc2)c(OCC=C(C)C)c1. The second-order valence-electron chi connectivity index (χ2n) is 7.25. The van der Waals surface area contributed by atoms with Gasteiger partial charge in [-0.15, -0.1) is 12.6 Å². The largest absolute Gasteiger partial charge is 0.489 e. The van der Waals surface area contributed by atoms with E-state index in [1.807, 2.05) is 70.2 Å². The van der Waals surface area contributed by atoms with Crippen molar-refractivity contribution in [3.05, 3.63) is 77.4 Å². The van der Waals surface area contributed by atoms with Crippen molar-refractivity contribution in [1.29, 1.82) is 0 Å². The lowest BCUT2D eigenvalue weighted by Gasteiger charge is -2.11. The summed E-state index contributed by atoms with van der Waals surface area (Å²) in [5.41, 5.74) is 3.89. The van der Waals surface area contributed by atoms with Gasteiger partial charge in [-0.3, -0.25) is 4.79 Å². The Kier molecular flexibility index (Phi) is 9.29. The minimum absolute atomic E-state index is 0.221. The number of amides is 1. The summed E-state index contributed by atoms with van der Waals surface area (Å²) in [7, 11) is 0. The molecule has 0 radical (unpaired) electrons. The molecule has 4 nitrogen and oxygen atoms in total. The quantitative estimate of drug-likeness (QED) is 0.282. The molecule has 2 aromatic carbocycles. The lowest BCUT2D eigenvalue weighted by atomic mass is 10.1. The zero-order valence-corrected chi connectivity index (χ0v) is 18.8. The van der Waals surface area contributed by atoms with Gasteiger partial charge in [0.1, 0.15) is 24.7 Å². The molecule has 1 N–H and O–H groups in total. The molecule has 0 fully saturated rings. The number of anilines is 1. The van der Waals surface area contributed by atoms with Gasteiger partial charge in [0.15, 0.2) is 0 Å². The van der Waals surface area contributed by atoms with E-state index in [9.17, 15) is 4.79 Å². The lowest BCUT2D eigenvalue weighted by Crippen LogP contribution is -2.07. The van der Waals surface area contributed by atoms with Gasteiger partial charge < -0.3 is 14.8 Å². The molecular formula is C25H29NO3S. The Morgan fingerprint density at radius 3 is 2.20 bits per heavy atom. The van der Waals surface area contributed by atoms with E-state index < -0.39 is 0 Å². The van der Waals surface area contributed by atoms with Crippen LogP contribution in [0.25, 0.3) is 6.08 Å². The van der Waals surface area contributed by atoms with E-state index >= 15 is 0 Å². The molecule has 0 aliphatic heterocycles. The highest BCUT2D eigenvalue weighted by atomic mass is 32.1. The van der Waals surface area contributed by atoms with E-state index in [1.54, 1.807) is 18.2 Å². The number of thiol groups is 1. The zero-order chi connectivity index (χ0) is 21.9.